The number of aliphatic carboxylic acids is 2. The molecule has 0 saturated carbocycles. The van der Waals surface area contributed by atoms with Crippen LogP contribution in [-0.4, -0.2) is 63.1 Å². The summed E-state index contributed by atoms with van der Waals surface area (Å²) in [6.45, 7) is 6.45. The minimum absolute atomic E-state index is 0.962. The van der Waals surface area contributed by atoms with Crippen LogP contribution in [0.5, 0.6) is 0 Å². The van der Waals surface area contributed by atoms with Crippen LogP contribution in [0.2, 0.25) is 0 Å². The third kappa shape index (κ3) is 7.46. The lowest BCUT2D eigenvalue weighted by molar-refractivity contribution is -0.159. The first-order valence-electron chi connectivity index (χ1n) is 8.50. The van der Waals surface area contributed by atoms with Crippen LogP contribution in [0.25, 0.3) is 0 Å². The Balaban J connectivity index is 0.000000380. The minimum Gasteiger partial charge on any atom is -0.473 e. The Morgan fingerprint density at radius 2 is 1.44 bits per heavy atom. The van der Waals surface area contributed by atoms with E-state index in [1.807, 2.05) is 12.3 Å². The largest absolute Gasteiger partial charge is 0.473 e. The van der Waals surface area contributed by atoms with Gasteiger partial charge in [0.1, 0.15) is 0 Å². The number of carboxylic acids is 2. The van der Waals surface area contributed by atoms with E-state index in [1.165, 1.54) is 10.0 Å². The van der Waals surface area contributed by atoms with E-state index in [0.717, 1.165) is 45.0 Å². The maximum Gasteiger partial charge on any atom is 0.414 e. The van der Waals surface area contributed by atoms with Gasteiger partial charge in [-0.15, -0.1) is 0 Å². The van der Waals surface area contributed by atoms with E-state index < -0.39 is 11.9 Å². The third-order valence-corrected chi connectivity index (χ3v) is 4.89. The van der Waals surface area contributed by atoms with Crippen LogP contribution >= 0.6 is 15.9 Å². The van der Waals surface area contributed by atoms with Gasteiger partial charge in [-0.1, -0.05) is 40.2 Å². The predicted octanol–water partition coefficient (Wildman–Crippen LogP) is 2.32. The predicted molar refractivity (Wildman–Crippen MR) is 104 cm³/mol. The van der Waals surface area contributed by atoms with Gasteiger partial charge >= 0.3 is 11.9 Å². The fraction of sp³-hybridized carbons (Fsp3) is 0.316. The summed E-state index contributed by atoms with van der Waals surface area (Å²) in [5, 5.41) is 14.8. The molecule has 7 nitrogen and oxygen atoms in total. The molecule has 0 aliphatic carbocycles. The summed E-state index contributed by atoms with van der Waals surface area (Å²) in [6.07, 6.45) is 1.87. The molecule has 2 heterocycles. The van der Waals surface area contributed by atoms with Crippen molar-refractivity contribution in [1.82, 2.24) is 14.8 Å². The Morgan fingerprint density at radius 3 is 1.96 bits per heavy atom. The number of piperazine rings is 1. The fourth-order valence-corrected chi connectivity index (χ4v) is 3.10. The van der Waals surface area contributed by atoms with Crippen molar-refractivity contribution >= 4 is 27.9 Å². The van der Waals surface area contributed by atoms with Gasteiger partial charge in [0.05, 0.1) is 5.69 Å². The van der Waals surface area contributed by atoms with Gasteiger partial charge in [-0.3, -0.25) is 14.8 Å². The summed E-state index contributed by atoms with van der Waals surface area (Å²) in [7, 11) is 0. The number of rotatable bonds is 4. The molecule has 1 fully saturated rings. The second-order valence-corrected chi connectivity index (χ2v) is 6.93. The van der Waals surface area contributed by atoms with Gasteiger partial charge < -0.3 is 10.2 Å². The molecule has 0 bridgehead atoms. The van der Waals surface area contributed by atoms with Crippen molar-refractivity contribution in [1.29, 1.82) is 0 Å². The van der Waals surface area contributed by atoms with Crippen molar-refractivity contribution in [2.75, 3.05) is 26.2 Å². The van der Waals surface area contributed by atoms with E-state index in [-0.39, 0.29) is 0 Å². The van der Waals surface area contributed by atoms with Crippen molar-refractivity contribution in [3.63, 3.8) is 0 Å². The lowest BCUT2D eigenvalue weighted by atomic mass is 10.2. The van der Waals surface area contributed by atoms with E-state index in [1.54, 1.807) is 0 Å². The van der Waals surface area contributed by atoms with Gasteiger partial charge in [-0.05, 0) is 23.8 Å². The van der Waals surface area contributed by atoms with E-state index >= 15 is 0 Å². The highest BCUT2D eigenvalue weighted by atomic mass is 79.9. The standard InChI is InChI=1S/C17H20BrN3.C2H2O4/c18-17-7-2-1-5-15(17)13-20-9-11-21(12-10-20)14-16-6-3-4-8-19-16;3-1(4)2(5)6/h1-8H,9-14H2;(H,3,4)(H,5,6). The smallest absolute Gasteiger partial charge is 0.414 e. The molecule has 1 saturated heterocycles. The lowest BCUT2D eigenvalue weighted by Crippen LogP contribution is -2.45. The van der Waals surface area contributed by atoms with Crippen LogP contribution in [0, 0.1) is 0 Å². The molecule has 27 heavy (non-hydrogen) atoms. The molecule has 1 aliphatic heterocycles. The monoisotopic (exact) mass is 435 g/mol. The highest BCUT2D eigenvalue weighted by Gasteiger charge is 2.17. The molecule has 0 atom stereocenters. The van der Waals surface area contributed by atoms with Gasteiger partial charge in [0.2, 0.25) is 0 Å². The van der Waals surface area contributed by atoms with Crippen molar-refractivity contribution < 1.29 is 19.8 Å². The Hall–Kier alpha value is -2.29. The summed E-state index contributed by atoms with van der Waals surface area (Å²) < 4.78 is 1.21. The van der Waals surface area contributed by atoms with Crippen LogP contribution in [-0.2, 0) is 22.7 Å². The van der Waals surface area contributed by atoms with Gasteiger partial charge in [-0.2, -0.15) is 0 Å². The molecule has 2 aromatic rings. The lowest BCUT2D eigenvalue weighted by Gasteiger charge is -2.34. The zero-order chi connectivity index (χ0) is 19.6. The summed E-state index contributed by atoms with van der Waals surface area (Å²) in [6, 6.07) is 14.6. The number of carbonyl (C=O) groups is 2. The summed E-state index contributed by atoms with van der Waals surface area (Å²) in [5.74, 6) is -3.65. The van der Waals surface area contributed by atoms with Crippen molar-refractivity contribution in [2.45, 2.75) is 13.1 Å². The first-order valence-corrected chi connectivity index (χ1v) is 9.29. The Bertz CT molecular complexity index is 738. The van der Waals surface area contributed by atoms with E-state index in [2.05, 4.69) is 67.1 Å². The Morgan fingerprint density at radius 1 is 0.889 bits per heavy atom. The molecule has 0 radical (unpaired) electrons. The number of hydrogen-bond acceptors (Lipinski definition) is 5. The number of pyridine rings is 1. The first kappa shape index (κ1) is 21.0. The normalized spacial score (nSPS) is 14.9. The zero-order valence-corrected chi connectivity index (χ0v) is 16.4. The number of halogens is 1. The SMILES string of the molecule is Brc1ccccc1CN1CCN(Cc2ccccn2)CC1.O=C(O)C(=O)O. The van der Waals surface area contributed by atoms with Gasteiger partial charge in [0.15, 0.2) is 0 Å². The average Bonchev–Trinajstić information content (AvgIpc) is 2.66. The maximum atomic E-state index is 9.10. The highest BCUT2D eigenvalue weighted by molar-refractivity contribution is 9.10. The van der Waals surface area contributed by atoms with E-state index in [4.69, 9.17) is 19.8 Å². The van der Waals surface area contributed by atoms with Crippen LogP contribution in [0.15, 0.2) is 53.1 Å². The van der Waals surface area contributed by atoms with Crippen LogP contribution in [0.1, 0.15) is 11.3 Å². The topological polar surface area (TPSA) is 94.0 Å². The summed E-state index contributed by atoms with van der Waals surface area (Å²) >= 11 is 3.63. The molecule has 1 aromatic heterocycles. The van der Waals surface area contributed by atoms with Crippen molar-refractivity contribution in [3.05, 3.63) is 64.4 Å². The van der Waals surface area contributed by atoms with Crippen LogP contribution < -0.4 is 0 Å². The van der Waals surface area contributed by atoms with Gasteiger partial charge in [-0.25, -0.2) is 9.59 Å². The first-order chi connectivity index (χ1) is 13.0. The quantitative estimate of drug-likeness (QED) is 0.711. The second-order valence-electron chi connectivity index (χ2n) is 6.08. The number of hydrogen-bond donors (Lipinski definition) is 2. The van der Waals surface area contributed by atoms with Crippen molar-refractivity contribution in [2.24, 2.45) is 0 Å². The molecule has 2 N–H and O–H groups in total. The van der Waals surface area contributed by atoms with E-state index in [0.29, 0.717) is 0 Å². The molecular formula is C19H22BrN3O4. The van der Waals surface area contributed by atoms with Gasteiger partial charge in [0.25, 0.3) is 0 Å². The maximum absolute atomic E-state index is 9.10. The van der Waals surface area contributed by atoms with Crippen LogP contribution in [0.4, 0.5) is 0 Å². The van der Waals surface area contributed by atoms with Gasteiger partial charge in [0, 0.05) is 49.9 Å². The third-order valence-electron chi connectivity index (χ3n) is 4.11. The molecule has 0 amide bonds. The molecule has 0 unspecified atom stereocenters. The summed E-state index contributed by atoms with van der Waals surface area (Å²) in [5.41, 5.74) is 2.53. The molecule has 3 rings (SSSR count). The molecule has 8 heteroatoms. The minimum atomic E-state index is -1.82. The van der Waals surface area contributed by atoms with E-state index in [9.17, 15) is 0 Å². The van der Waals surface area contributed by atoms with Crippen molar-refractivity contribution in [3.8, 4) is 0 Å². The highest BCUT2D eigenvalue weighted by Crippen LogP contribution is 2.18. The molecular weight excluding hydrogens is 414 g/mol. The molecule has 1 aromatic carbocycles. The fourth-order valence-electron chi connectivity index (χ4n) is 2.69. The number of aromatic nitrogens is 1. The number of nitrogens with zero attached hydrogens (tertiary/aromatic N) is 3. The Kier molecular flexibility index (Phi) is 8.38. The number of carboxylic acid groups (broad SMARTS) is 2. The summed E-state index contributed by atoms with van der Waals surface area (Å²) in [4.78, 5) is 27.6. The Labute approximate surface area is 166 Å². The molecule has 144 valence electrons. The number of benzene rings is 1. The average molecular weight is 436 g/mol. The second kappa shape index (κ2) is 10.8. The zero-order valence-electron chi connectivity index (χ0n) is 14.8. The molecule has 1 aliphatic rings. The molecule has 0 spiro atoms. The van der Waals surface area contributed by atoms with Crippen LogP contribution in [0.3, 0.4) is 0 Å².